The van der Waals surface area contributed by atoms with Gasteiger partial charge in [-0.1, -0.05) is 42.5 Å². The first-order valence-corrected chi connectivity index (χ1v) is 9.44. The molecule has 0 amide bonds. The van der Waals surface area contributed by atoms with Crippen molar-refractivity contribution < 1.29 is 4.42 Å². The summed E-state index contributed by atoms with van der Waals surface area (Å²) in [5.41, 5.74) is 4.94. The fourth-order valence-electron chi connectivity index (χ4n) is 3.58. The van der Waals surface area contributed by atoms with Gasteiger partial charge >= 0.3 is 0 Å². The maximum Gasteiger partial charge on any atom is 0.223 e. The highest BCUT2D eigenvalue weighted by Gasteiger charge is 2.14. The summed E-state index contributed by atoms with van der Waals surface area (Å²) in [7, 11) is 0. The van der Waals surface area contributed by atoms with E-state index >= 15 is 0 Å². The van der Waals surface area contributed by atoms with Crippen LogP contribution >= 0.6 is 0 Å². The molecular weight excluding hydrogens is 376 g/mol. The van der Waals surface area contributed by atoms with Crippen LogP contribution in [-0.4, -0.2) is 30.2 Å². The Bertz CT molecular complexity index is 1500. The molecule has 0 unspecified atom stereocenters. The number of hydrogen-bond donors (Lipinski definition) is 0. The summed E-state index contributed by atoms with van der Waals surface area (Å²) in [6.07, 6.45) is 5.21. The summed E-state index contributed by atoms with van der Waals surface area (Å²) in [5, 5.41) is 14.9. The van der Waals surface area contributed by atoms with E-state index in [1.54, 1.807) is 12.4 Å². The van der Waals surface area contributed by atoms with Gasteiger partial charge in [0.05, 0.1) is 6.20 Å². The van der Waals surface area contributed by atoms with Gasteiger partial charge in [-0.3, -0.25) is 9.97 Å². The molecule has 0 bridgehead atoms. The topological polar surface area (TPSA) is 82.5 Å². The monoisotopic (exact) mass is 390 g/mol. The quantitative estimate of drug-likeness (QED) is 0.436. The fraction of sp³-hybridized carbons (Fsp3) is 0. The van der Waals surface area contributed by atoms with Crippen LogP contribution < -0.4 is 0 Å². The second-order valence-electron chi connectivity index (χ2n) is 6.83. The lowest BCUT2D eigenvalue weighted by Gasteiger charge is -2.04. The van der Waals surface area contributed by atoms with Crippen LogP contribution in [-0.2, 0) is 0 Å². The lowest BCUT2D eigenvalue weighted by atomic mass is 10.0. The van der Waals surface area contributed by atoms with Gasteiger partial charge in [0.2, 0.25) is 5.82 Å². The van der Waals surface area contributed by atoms with E-state index in [1.807, 2.05) is 60.8 Å². The minimum atomic E-state index is 0.459. The van der Waals surface area contributed by atoms with Gasteiger partial charge in [-0.25, -0.2) is 0 Å². The zero-order valence-electron chi connectivity index (χ0n) is 15.7. The zero-order chi connectivity index (χ0) is 19.9. The molecule has 0 N–H and O–H groups in total. The average Bonchev–Trinajstić information content (AvgIpc) is 3.45. The number of pyridine rings is 2. The maximum absolute atomic E-state index is 6.16. The number of para-hydroxylation sites is 2. The lowest BCUT2D eigenvalue weighted by molar-refractivity contribution is 0.670. The van der Waals surface area contributed by atoms with Gasteiger partial charge in [0.25, 0.3) is 0 Å². The predicted octanol–water partition coefficient (Wildman–Crippen LogP) is 4.69. The van der Waals surface area contributed by atoms with E-state index in [1.165, 1.54) is 4.80 Å². The molecule has 0 atom stereocenters. The Kier molecular flexibility index (Phi) is 3.64. The zero-order valence-corrected chi connectivity index (χ0v) is 15.7. The molecule has 4 aromatic heterocycles. The third-order valence-electron chi connectivity index (χ3n) is 4.98. The number of tetrazole rings is 1. The molecule has 2 aromatic carbocycles. The second-order valence-corrected chi connectivity index (χ2v) is 6.83. The Morgan fingerprint density at radius 1 is 0.833 bits per heavy atom. The Hall–Kier alpha value is -4.39. The van der Waals surface area contributed by atoms with Crippen LogP contribution in [0.5, 0.6) is 0 Å². The second kappa shape index (κ2) is 6.59. The van der Waals surface area contributed by atoms with Crippen molar-refractivity contribution in [2.24, 2.45) is 0 Å². The summed E-state index contributed by atoms with van der Waals surface area (Å²) in [6.45, 7) is 0. The molecule has 0 aliphatic rings. The minimum absolute atomic E-state index is 0.459. The average molecular weight is 390 g/mol. The van der Waals surface area contributed by atoms with Gasteiger partial charge in [0, 0.05) is 34.3 Å². The van der Waals surface area contributed by atoms with Crippen molar-refractivity contribution in [2.75, 3.05) is 0 Å². The maximum atomic E-state index is 6.16. The third kappa shape index (κ3) is 2.64. The summed E-state index contributed by atoms with van der Waals surface area (Å²) >= 11 is 0. The van der Waals surface area contributed by atoms with E-state index in [2.05, 4.69) is 37.5 Å². The number of aromatic nitrogens is 6. The van der Waals surface area contributed by atoms with Crippen molar-refractivity contribution >= 4 is 21.9 Å². The van der Waals surface area contributed by atoms with Crippen LogP contribution in [0.15, 0.2) is 89.7 Å². The molecule has 0 spiro atoms. The standard InChI is InChI=1S/C23H14N6O/c1-2-10-21-18(6-1)19-8-5-7-17(22(19)30-21)15-12-16(14-24-13-15)29-27-23(26-28-29)20-9-3-4-11-25-20/h1-14H. The van der Waals surface area contributed by atoms with Gasteiger partial charge in [0.15, 0.2) is 0 Å². The normalized spacial score (nSPS) is 11.3. The molecule has 0 aliphatic carbocycles. The van der Waals surface area contributed by atoms with Crippen LogP contribution in [0, 0.1) is 0 Å². The van der Waals surface area contributed by atoms with Crippen molar-refractivity contribution in [3.8, 4) is 28.3 Å². The van der Waals surface area contributed by atoms with Crippen molar-refractivity contribution in [1.82, 2.24) is 30.2 Å². The molecule has 7 nitrogen and oxygen atoms in total. The van der Waals surface area contributed by atoms with E-state index in [0.29, 0.717) is 17.2 Å². The van der Waals surface area contributed by atoms with Crippen LogP contribution in [0.3, 0.4) is 0 Å². The number of hydrogen-bond acceptors (Lipinski definition) is 6. The van der Waals surface area contributed by atoms with Crippen LogP contribution in [0.4, 0.5) is 0 Å². The van der Waals surface area contributed by atoms with Crippen LogP contribution in [0.25, 0.3) is 50.3 Å². The molecule has 142 valence electrons. The molecule has 0 saturated carbocycles. The summed E-state index contributed by atoms with van der Waals surface area (Å²) in [6, 6.07) is 21.7. The number of rotatable bonds is 3. The fourth-order valence-corrected chi connectivity index (χ4v) is 3.58. The lowest BCUT2D eigenvalue weighted by Crippen LogP contribution is -2.00. The van der Waals surface area contributed by atoms with Crippen molar-refractivity contribution in [3.05, 3.63) is 85.3 Å². The molecular formula is C23H14N6O. The van der Waals surface area contributed by atoms with Gasteiger partial charge in [0.1, 0.15) is 22.5 Å². The first-order chi connectivity index (χ1) is 14.9. The molecule has 0 aliphatic heterocycles. The summed E-state index contributed by atoms with van der Waals surface area (Å²) in [4.78, 5) is 10.1. The molecule has 30 heavy (non-hydrogen) atoms. The van der Waals surface area contributed by atoms with E-state index < -0.39 is 0 Å². The number of fused-ring (bicyclic) bond motifs is 3. The predicted molar refractivity (Wildman–Crippen MR) is 113 cm³/mol. The number of benzene rings is 2. The van der Waals surface area contributed by atoms with Crippen molar-refractivity contribution in [3.63, 3.8) is 0 Å². The Morgan fingerprint density at radius 2 is 1.73 bits per heavy atom. The highest BCUT2D eigenvalue weighted by Crippen LogP contribution is 2.35. The van der Waals surface area contributed by atoms with E-state index in [0.717, 1.165) is 33.1 Å². The molecule has 0 fully saturated rings. The van der Waals surface area contributed by atoms with E-state index in [9.17, 15) is 0 Å². The third-order valence-corrected chi connectivity index (χ3v) is 4.98. The first-order valence-electron chi connectivity index (χ1n) is 9.44. The summed E-state index contributed by atoms with van der Waals surface area (Å²) in [5.74, 6) is 0.459. The molecule has 6 rings (SSSR count). The highest BCUT2D eigenvalue weighted by molar-refractivity contribution is 6.09. The van der Waals surface area contributed by atoms with Crippen molar-refractivity contribution in [2.45, 2.75) is 0 Å². The van der Waals surface area contributed by atoms with Gasteiger partial charge in [-0.2, -0.15) is 0 Å². The van der Waals surface area contributed by atoms with Gasteiger partial charge in [-0.15, -0.1) is 15.0 Å². The molecule has 0 radical (unpaired) electrons. The van der Waals surface area contributed by atoms with Crippen molar-refractivity contribution in [1.29, 1.82) is 0 Å². The Balaban J connectivity index is 1.46. The SMILES string of the molecule is c1ccc(-c2nnn(-c3cncc(-c4cccc5c4oc4ccccc45)c3)n2)nc1. The van der Waals surface area contributed by atoms with E-state index in [-0.39, 0.29) is 0 Å². The highest BCUT2D eigenvalue weighted by atomic mass is 16.3. The number of furan rings is 1. The largest absolute Gasteiger partial charge is 0.455 e. The molecule has 0 saturated heterocycles. The first kappa shape index (κ1) is 16.6. The van der Waals surface area contributed by atoms with Crippen LogP contribution in [0.1, 0.15) is 0 Å². The van der Waals surface area contributed by atoms with E-state index in [4.69, 9.17) is 4.42 Å². The van der Waals surface area contributed by atoms with Gasteiger partial charge < -0.3 is 4.42 Å². The molecule has 4 heterocycles. The molecule has 6 aromatic rings. The van der Waals surface area contributed by atoms with Gasteiger partial charge in [-0.05, 0) is 29.5 Å². The summed E-state index contributed by atoms with van der Waals surface area (Å²) < 4.78 is 6.16. The Morgan fingerprint density at radius 3 is 2.67 bits per heavy atom. The minimum Gasteiger partial charge on any atom is -0.455 e. The molecule has 7 heteroatoms. The van der Waals surface area contributed by atoms with Crippen LogP contribution in [0.2, 0.25) is 0 Å². The number of nitrogens with zero attached hydrogens (tertiary/aromatic N) is 6. The Labute approximate surface area is 170 Å². The smallest absolute Gasteiger partial charge is 0.223 e.